The first kappa shape index (κ1) is 19.8. The highest BCUT2D eigenvalue weighted by Gasteiger charge is 2.05. The van der Waals surface area contributed by atoms with Crippen LogP contribution in [0.3, 0.4) is 0 Å². The predicted molar refractivity (Wildman–Crippen MR) is 107 cm³/mol. The van der Waals surface area contributed by atoms with Gasteiger partial charge < -0.3 is 20.5 Å². The second kappa shape index (κ2) is 10.5. The van der Waals surface area contributed by atoms with E-state index in [0.29, 0.717) is 6.54 Å². The van der Waals surface area contributed by atoms with E-state index in [1.54, 1.807) is 7.11 Å². The molecule has 2 rings (SSSR count). The lowest BCUT2D eigenvalue weighted by Gasteiger charge is -2.13. The van der Waals surface area contributed by atoms with Gasteiger partial charge in [-0.15, -0.1) is 0 Å². The number of hydrogen-bond acceptors (Lipinski definition) is 3. The van der Waals surface area contributed by atoms with Crippen LogP contribution in [0, 0.1) is 6.92 Å². The number of rotatable bonds is 8. The summed E-state index contributed by atoms with van der Waals surface area (Å²) in [6, 6.07) is 14.0. The molecule has 0 heterocycles. The predicted octanol–water partition coefficient (Wildman–Crippen LogP) is 2.79. The minimum absolute atomic E-state index is 0.0306. The van der Waals surface area contributed by atoms with Crippen molar-refractivity contribution >= 4 is 5.96 Å². The Kier molecular flexibility index (Phi) is 7.96. The van der Waals surface area contributed by atoms with E-state index in [2.05, 4.69) is 34.7 Å². The number of aliphatic imine (C=N–C) groups is 1. The zero-order chi connectivity index (χ0) is 18.8. The molecule has 5 heteroatoms. The SMILES string of the molecule is CCNC(=NCc1ccccc1CO)NCCc1cc(C)ccc1OC. The van der Waals surface area contributed by atoms with E-state index >= 15 is 0 Å². The van der Waals surface area contributed by atoms with Crippen LogP contribution < -0.4 is 15.4 Å². The van der Waals surface area contributed by atoms with E-state index in [1.165, 1.54) is 11.1 Å². The lowest BCUT2D eigenvalue weighted by molar-refractivity contribution is 0.280. The van der Waals surface area contributed by atoms with Gasteiger partial charge in [0.25, 0.3) is 0 Å². The fourth-order valence-corrected chi connectivity index (χ4v) is 2.79. The van der Waals surface area contributed by atoms with Crippen molar-refractivity contribution in [2.24, 2.45) is 4.99 Å². The summed E-state index contributed by atoms with van der Waals surface area (Å²) in [6.45, 7) is 6.24. The number of benzene rings is 2. The monoisotopic (exact) mass is 355 g/mol. The van der Waals surface area contributed by atoms with Crippen LogP contribution in [0.15, 0.2) is 47.5 Å². The van der Waals surface area contributed by atoms with Gasteiger partial charge in [0.2, 0.25) is 0 Å². The standard InChI is InChI=1S/C21H29N3O2/c1-4-22-21(24-14-18-7-5-6-8-19(18)15-25)23-12-11-17-13-16(2)9-10-20(17)26-3/h5-10,13,25H,4,11-12,14-15H2,1-3H3,(H2,22,23,24). The molecule has 0 aromatic heterocycles. The van der Waals surface area contributed by atoms with Crippen molar-refractivity contribution in [1.29, 1.82) is 0 Å². The molecule has 0 saturated carbocycles. The zero-order valence-electron chi connectivity index (χ0n) is 15.9. The number of aliphatic hydroxyl groups excluding tert-OH is 1. The fraction of sp³-hybridized carbons (Fsp3) is 0.381. The molecule has 26 heavy (non-hydrogen) atoms. The number of ether oxygens (including phenoxy) is 1. The molecule has 3 N–H and O–H groups in total. The molecule has 5 nitrogen and oxygen atoms in total. The normalized spacial score (nSPS) is 11.3. The van der Waals surface area contributed by atoms with Crippen LogP contribution in [0.1, 0.15) is 29.2 Å². The van der Waals surface area contributed by atoms with Crippen molar-refractivity contribution in [3.05, 3.63) is 64.7 Å². The van der Waals surface area contributed by atoms with Crippen molar-refractivity contribution < 1.29 is 9.84 Å². The second-order valence-electron chi connectivity index (χ2n) is 6.11. The molecule has 0 aliphatic rings. The quantitative estimate of drug-likeness (QED) is 0.503. The molecule has 0 radical (unpaired) electrons. The Morgan fingerprint density at radius 3 is 2.54 bits per heavy atom. The van der Waals surface area contributed by atoms with Gasteiger partial charge in [-0.1, -0.05) is 42.0 Å². The van der Waals surface area contributed by atoms with Crippen molar-refractivity contribution in [2.75, 3.05) is 20.2 Å². The van der Waals surface area contributed by atoms with Gasteiger partial charge in [-0.05, 0) is 43.0 Å². The Morgan fingerprint density at radius 2 is 1.85 bits per heavy atom. The first-order valence-corrected chi connectivity index (χ1v) is 9.01. The summed E-state index contributed by atoms with van der Waals surface area (Å²) in [7, 11) is 1.70. The van der Waals surface area contributed by atoms with Gasteiger partial charge in [-0.3, -0.25) is 0 Å². The summed E-state index contributed by atoms with van der Waals surface area (Å²) < 4.78 is 5.44. The fourth-order valence-electron chi connectivity index (χ4n) is 2.79. The smallest absolute Gasteiger partial charge is 0.191 e. The van der Waals surface area contributed by atoms with Gasteiger partial charge in [0.05, 0.1) is 20.3 Å². The first-order chi connectivity index (χ1) is 12.7. The number of nitrogens with one attached hydrogen (secondary N) is 2. The third-order valence-corrected chi connectivity index (χ3v) is 4.16. The maximum atomic E-state index is 9.43. The van der Waals surface area contributed by atoms with Gasteiger partial charge in [0.1, 0.15) is 5.75 Å². The molecule has 2 aromatic rings. The second-order valence-corrected chi connectivity index (χ2v) is 6.11. The summed E-state index contributed by atoms with van der Waals surface area (Å²) in [5, 5.41) is 16.1. The summed E-state index contributed by atoms with van der Waals surface area (Å²) in [4.78, 5) is 4.64. The summed E-state index contributed by atoms with van der Waals surface area (Å²) in [5.74, 6) is 1.68. The largest absolute Gasteiger partial charge is 0.496 e. The minimum Gasteiger partial charge on any atom is -0.496 e. The molecule has 0 fully saturated rings. The lowest BCUT2D eigenvalue weighted by atomic mass is 10.1. The number of hydrogen-bond donors (Lipinski definition) is 3. The molecule has 0 aliphatic heterocycles. The van der Waals surface area contributed by atoms with E-state index in [4.69, 9.17) is 4.74 Å². The molecule has 0 saturated heterocycles. The van der Waals surface area contributed by atoms with Crippen molar-refractivity contribution in [2.45, 2.75) is 33.4 Å². The Bertz CT molecular complexity index is 729. The highest BCUT2D eigenvalue weighted by molar-refractivity contribution is 5.79. The summed E-state index contributed by atoms with van der Waals surface area (Å²) in [6.07, 6.45) is 0.850. The molecule has 140 valence electrons. The van der Waals surface area contributed by atoms with E-state index in [-0.39, 0.29) is 6.61 Å². The van der Waals surface area contributed by atoms with Gasteiger partial charge >= 0.3 is 0 Å². The average molecular weight is 355 g/mol. The van der Waals surface area contributed by atoms with E-state index in [0.717, 1.165) is 42.3 Å². The van der Waals surface area contributed by atoms with Gasteiger partial charge in [-0.25, -0.2) is 4.99 Å². The Balaban J connectivity index is 1.98. The molecular weight excluding hydrogens is 326 g/mol. The number of methoxy groups -OCH3 is 1. The van der Waals surface area contributed by atoms with Gasteiger partial charge in [0, 0.05) is 13.1 Å². The zero-order valence-corrected chi connectivity index (χ0v) is 15.9. The van der Waals surface area contributed by atoms with E-state index in [1.807, 2.05) is 37.3 Å². The topological polar surface area (TPSA) is 65.9 Å². The molecular formula is C21H29N3O2. The minimum atomic E-state index is 0.0306. The third-order valence-electron chi connectivity index (χ3n) is 4.16. The molecule has 0 aliphatic carbocycles. The third kappa shape index (κ3) is 5.77. The highest BCUT2D eigenvalue weighted by Crippen LogP contribution is 2.19. The van der Waals surface area contributed by atoms with Gasteiger partial charge in [0.15, 0.2) is 5.96 Å². The maximum Gasteiger partial charge on any atom is 0.191 e. The van der Waals surface area contributed by atoms with Gasteiger partial charge in [-0.2, -0.15) is 0 Å². The van der Waals surface area contributed by atoms with Crippen LogP contribution in [-0.4, -0.2) is 31.3 Å². The van der Waals surface area contributed by atoms with Crippen molar-refractivity contribution in [1.82, 2.24) is 10.6 Å². The molecule has 0 unspecified atom stereocenters. The molecule has 0 bridgehead atoms. The van der Waals surface area contributed by atoms with Crippen LogP contribution in [0.4, 0.5) is 0 Å². The summed E-state index contributed by atoms with van der Waals surface area (Å²) in [5.41, 5.74) is 4.35. The van der Waals surface area contributed by atoms with E-state index in [9.17, 15) is 5.11 Å². The van der Waals surface area contributed by atoms with Crippen LogP contribution in [0.5, 0.6) is 5.75 Å². The average Bonchev–Trinajstić information content (AvgIpc) is 2.66. The Morgan fingerprint density at radius 1 is 1.08 bits per heavy atom. The molecule has 0 amide bonds. The van der Waals surface area contributed by atoms with Crippen molar-refractivity contribution in [3.8, 4) is 5.75 Å². The molecule has 0 spiro atoms. The van der Waals surface area contributed by atoms with Crippen LogP contribution in [0.25, 0.3) is 0 Å². The van der Waals surface area contributed by atoms with Crippen LogP contribution in [-0.2, 0) is 19.6 Å². The lowest BCUT2D eigenvalue weighted by Crippen LogP contribution is -2.38. The number of guanidine groups is 1. The number of nitrogens with zero attached hydrogens (tertiary/aromatic N) is 1. The van der Waals surface area contributed by atoms with Crippen LogP contribution in [0.2, 0.25) is 0 Å². The van der Waals surface area contributed by atoms with E-state index < -0.39 is 0 Å². The number of aryl methyl sites for hydroxylation is 1. The maximum absolute atomic E-state index is 9.43. The summed E-state index contributed by atoms with van der Waals surface area (Å²) >= 11 is 0. The highest BCUT2D eigenvalue weighted by atomic mass is 16.5. The molecule has 2 aromatic carbocycles. The first-order valence-electron chi connectivity index (χ1n) is 9.01. The molecule has 0 atom stereocenters. The Labute approximate surface area is 156 Å². The Hall–Kier alpha value is -2.53. The van der Waals surface area contributed by atoms with Crippen LogP contribution >= 0.6 is 0 Å². The number of aliphatic hydroxyl groups is 1. The van der Waals surface area contributed by atoms with Crippen molar-refractivity contribution in [3.63, 3.8) is 0 Å².